The zero-order chi connectivity index (χ0) is 15.9. The van der Waals surface area contributed by atoms with Crippen LogP contribution in [-0.4, -0.2) is 47.3 Å². The van der Waals surface area contributed by atoms with E-state index in [4.69, 9.17) is 9.57 Å². The zero-order valence-electron chi connectivity index (χ0n) is 13.2. The van der Waals surface area contributed by atoms with Gasteiger partial charge >= 0.3 is 0 Å². The monoisotopic (exact) mass is 328 g/mol. The first kappa shape index (κ1) is 17.3. The second-order valence-corrected chi connectivity index (χ2v) is 6.47. The number of hydrogen-bond acceptors (Lipinski definition) is 5. The molecule has 0 saturated carbocycles. The number of allylic oxidation sites excluding steroid dienone is 1. The number of nitrogens with zero attached hydrogens (tertiary/aromatic N) is 1. The van der Waals surface area contributed by atoms with Crippen LogP contribution in [0.2, 0.25) is 0 Å². The van der Waals surface area contributed by atoms with Crippen LogP contribution in [0.5, 0.6) is 0 Å². The quantitative estimate of drug-likeness (QED) is 0.616. The molecule has 0 bridgehead atoms. The number of rotatable bonds is 5. The molecular formula is C15H24N2O4S. The average molecular weight is 328 g/mol. The van der Waals surface area contributed by atoms with Crippen molar-refractivity contribution in [3.05, 3.63) is 11.6 Å². The molecule has 0 unspecified atom stereocenters. The molecule has 0 spiro atoms. The molecule has 2 heterocycles. The summed E-state index contributed by atoms with van der Waals surface area (Å²) >= 11 is 1.57. The van der Waals surface area contributed by atoms with Gasteiger partial charge in [0, 0.05) is 24.4 Å². The number of hydroxylamine groups is 1. The van der Waals surface area contributed by atoms with Crippen molar-refractivity contribution in [2.24, 2.45) is 0 Å². The fourth-order valence-corrected chi connectivity index (χ4v) is 3.63. The van der Waals surface area contributed by atoms with Crippen molar-refractivity contribution in [1.29, 1.82) is 0 Å². The van der Waals surface area contributed by atoms with Crippen molar-refractivity contribution < 1.29 is 19.2 Å². The maximum atomic E-state index is 12.4. The van der Waals surface area contributed by atoms with E-state index in [9.17, 15) is 9.59 Å². The van der Waals surface area contributed by atoms with Crippen LogP contribution in [0.1, 0.15) is 39.5 Å². The molecule has 2 fully saturated rings. The number of nitrogens with one attached hydrogen (secondary N) is 1. The third-order valence-electron chi connectivity index (χ3n) is 3.72. The lowest BCUT2D eigenvalue weighted by atomic mass is 10.2. The maximum absolute atomic E-state index is 12.4. The minimum absolute atomic E-state index is 0.0825. The summed E-state index contributed by atoms with van der Waals surface area (Å²) in [5, 5.41) is 0. The molecule has 22 heavy (non-hydrogen) atoms. The summed E-state index contributed by atoms with van der Waals surface area (Å²) in [6, 6.07) is -0.485. The van der Waals surface area contributed by atoms with Gasteiger partial charge in [-0.3, -0.25) is 9.59 Å². The highest BCUT2D eigenvalue weighted by molar-refractivity contribution is 7.99. The first-order valence-electron chi connectivity index (χ1n) is 7.76. The van der Waals surface area contributed by atoms with Gasteiger partial charge in [0.25, 0.3) is 11.8 Å². The number of carbonyl (C=O) groups excluding carboxylic acids is 2. The molecule has 124 valence electrons. The minimum atomic E-state index is -0.485. The molecule has 2 amide bonds. The van der Waals surface area contributed by atoms with E-state index >= 15 is 0 Å². The minimum Gasteiger partial charge on any atom is -0.350 e. The number of hydrogen-bond donors (Lipinski definition) is 1. The fourth-order valence-electron chi connectivity index (χ4n) is 2.48. The molecule has 1 N–H and O–H groups in total. The molecule has 2 saturated heterocycles. The third-order valence-corrected chi connectivity index (χ3v) is 4.73. The molecule has 6 nitrogen and oxygen atoms in total. The summed E-state index contributed by atoms with van der Waals surface area (Å²) in [5.74, 6) is 0.759. The topological polar surface area (TPSA) is 67.9 Å². The van der Waals surface area contributed by atoms with Crippen LogP contribution in [0, 0.1) is 0 Å². The fraction of sp³-hybridized carbons (Fsp3) is 0.733. The standard InChI is InChI=1S/C15H24N2O4S/c1-3-6-11(2)15(19)17-10-22-9-12(17)14(18)16-21-13-7-4-5-8-20-13/h6,12-13H,3-5,7-10H2,1-2H3,(H,16,18)/b11-6+/t12-,13-/m1/s1. The van der Waals surface area contributed by atoms with Crippen molar-refractivity contribution in [3.63, 3.8) is 0 Å². The summed E-state index contributed by atoms with van der Waals surface area (Å²) in [5.41, 5.74) is 3.14. The Balaban J connectivity index is 1.87. The van der Waals surface area contributed by atoms with Crippen molar-refractivity contribution in [1.82, 2.24) is 10.4 Å². The highest BCUT2D eigenvalue weighted by atomic mass is 32.2. The van der Waals surface area contributed by atoms with Crippen molar-refractivity contribution in [3.8, 4) is 0 Å². The van der Waals surface area contributed by atoms with Crippen LogP contribution in [-0.2, 0) is 19.2 Å². The SMILES string of the molecule is CC/C=C(\C)C(=O)N1CSC[C@@H]1C(=O)NO[C@@H]1CCCCO1. The first-order chi connectivity index (χ1) is 10.6. The van der Waals surface area contributed by atoms with Gasteiger partial charge in [-0.15, -0.1) is 11.8 Å². The Bertz CT molecular complexity index is 435. The number of carbonyl (C=O) groups is 2. The highest BCUT2D eigenvalue weighted by Gasteiger charge is 2.35. The van der Waals surface area contributed by atoms with Crippen LogP contribution in [0.25, 0.3) is 0 Å². The summed E-state index contributed by atoms with van der Waals surface area (Å²) in [6.45, 7) is 4.43. The maximum Gasteiger partial charge on any atom is 0.267 e. The summed E-state index contributed by atoms with van der Waals surface area (Å²) in [6.07, 6.45) is 5.15. The third kappa shape index (κ3) is 4.47. The van der Waals surface area contributed by atoms with Crippen LogP contribution in [0.15, 0.2) is 11.6 Å². The van der Waals surface area contributed by atoms with Crippen molar-refractivity contribution in [2.75, 3.05) is 18.2 Å². The summed E-state index contributed by atoms with van der Waals surface area (Å²) in [4.78, 5) is 31.5. The van der Waals surface area contributed by atoms with E-state index < -0.39 is 6.04 Å². The van der Waals surface area contributed by atoms with Crippen LogP contribution in [0.4, 0.5) is 0 Å². The summed E-state index contributed by atoms with van der Waals surface area (Å²) in [7, 11) is 0. The van der Waals surface area contributed by atoms with Gasteiger partial charge in [0.2, 0.25) is 0 Å². The molecule has 0 aromatic carbocycles. The molecule has 0 radical (unpaired) electrons. The lowest BCUT2D eigenvalue weighted by molar-refractivity contribution is -0.202. The van der Waals surface area contributed by atoms with Crippen LogP contribution in [0.3, 0.4) is 0 Å². The van der Waals surface area contributed by atoms with E-state index in [0.717, 1.165) is 25.7 Å². The van der Waals surface area contributed by atoms with Gasteiger partial charge in [-0.2, -0.15) is 0 Å². The van der Waals surface area contributed by atoms with Gasteiger partial charge in [0.1, 0.15) is 6.04 Å². The van der Waals surface area contributed by atoms with Gasteiger partial charge in [-0.05, 0) is 26.2 Å². The Morgan fingerprint density at radius 3 is 2.95 bits per heavy atom. The Kier molecular flexibility index (Phi) is 6.72. The molecule has 2 atom stereocenters. The molecule has 2 rings (SSSR count). The van der Waals surface area contributed by atoms with Gasteiger partial charge in [-0.25, -0.2) is 10.3 Å². The smallest absolute Gasteiger partial charge is 0.267 e. The Labute approximate surface area is 135 Å². The molecule has 2 aliphatic rings. The first-order valence-corrected chi connectivity index (χ1v) is 8.91. The normalized spacial score (nSPS) is 26.1. The number of thioether (sulfide) groups is 1. The van der Waals surface area contributed by atoms with Gasteiger partial charge in [-0.1, -0.05) is 13.0 Å². The molecular weight excluding hydrogens is 304 g/mol. The molecule has 0 aromatic heterocycles. The van der Waals surface area contributed by atoms with Crippen molar-refractivity contribution >= 4 is 23.6 Å². The van der Waals surface area contributed by atoms with E-state index in [2.05, 4.69) is 5.48 Å². The average Bonchev–Trinajstić information content (AvgIpc) is 3.02. The van der Waals surface area contributed by atoms with E-state index in [1.165, 1.54) is 0 Å². The van der Waals surface area contributed by atoms with Crippen LogP contribution < -0.4 is 5.48 Å². The Morgan fingerprint density at radius 2 is 2.27 bits per heavy atom. The highest BCUT2D eigenvalue weighted by Crippen LogP contribution is 2.23. The van der Waals surface area contributed by atoms with Gasteiger partial charge < -0.3 is 9.64 Å². The van der Waals surface area contributed by atoms with E-state index in [-0.39, 0.29) is 18.1 Å². The predicted molar refractivity (Wildman–Crippen MR) is 84.8 cm³/mol. The second kappa shape index (κ2) is 8.55. The largest absolute Gasteiger partial charge is 0.350 e. The predicted octanol–water partition coefficient (Wildman–Crippen LogP) is 1.82. The Morgan fingerprint density at radius 1 is 1.45 bits per heavy atom. The molecule has 0 aliphatic carbocycles. The zero-order valence-corrected chi connectivity index (χ0v) is 14.0. The lowest BCUT2D eigenvalue weighted by Gasteiger charge is -2.26. The Hall–Kier alpha value is -1.05. The second-order valence-electron chi connectivity index (χ2n) is 5.47. The molecule has 7 heteroatoms. The van der Waals surface area contributed by atoms with Crippen LogP contribution >= 0.6 is 11.8 Å². The lowest BCUT2D eigenvalue weighted by Crippen LogP contribution is -2.48. The van der Waals surface area contributed by atoms with E-state index in [1.54, 1.807) is 23.6 Å². The molecule has 0 aromatic rings. The van der Waals surface area contributed by atoms with Gasteiger partial charge in [0.05, 0.1) is 5.88 Å². The molecule has 2 aliphatic heterocycles. The number of amides is 2. The van der Waals surface area contributed by atoms with Crippen molar-refractivity contribution in [2.45, 2.75) is 51.9 Å². The van der Waals surface area contributed by atoms with E-state index in [1.807, 2.05) is 13.0 Å². The summed E-state index contributed by atoms with van der Waals surface area (Å²) < 4.78 is 5.40. The van der Waals surface area contributed by atoms with Gasteiger partial charge in [0.15, 0.2) is 6.29 Å². The number of ether oxygens (including phenoxy) is 1. The van der Waals surface area contributed by atoms with E-state index in [0.29, 0.717) is 23.8 Å².